The summed E-state index contributed by atoms with van der Waals surface area (Å²) in [5, 5.41) is 3.17. The second-order valence-electron chi connectivity index (χ2n) is 6.59. The molecule has 0 saturated carbocycles. The van der Waals surface area contributed by atoms with Crippen LogP contribution in [0.2, 0.25) is 5.02 Å². The smallest absolute Gasteiger partial charge is 0.222 e. The van der Waals surface area contributed by atoms with Crippen molar-refractivity contribution in [3.8, 4) is 0 Å². The first-order valence-corrected chi connectivity index (χ1v) is 9.32. The third-order valence-corrected chi connectivity index (χ3v) is 4.91. The van der Waals surface area contributed by atoms with E-state index in [1.54, 1.807) is 23.1 Å². The number of rotatable bonds is 3. The molecule has 3 N–H and O–H groups in total. The Morgan fingerprint density at radius 1 is 1.11 bits per heavy atom. The van der Waals surface area contributed by atoms with Crippen LogP contribution < -0.4 is 16.0 Å². The van der Waals surface area contributed by atoms with Crippen molar-refractivity contribution in [2.45, 2.75) is 19.1 Å². The standard InChI is InChI=1S/C19H19ClF2N6/c20-15-11-13(6-7-16(15)22)24-18-25-17(23)26-19(27-8-1-2-9-27)28(18)14-5-3-4-12(21)10-14/h3-7,10-11,18,24H,1-2,8-9H2,(H2,23,25). The lowest BCUT2D eigenvalue weighted by atomic mass is 10.2. The first-order chi connectivity index (χ1) is 13.5. The molecule has 4 rings (SSSR count). The minimum Gasteiger partial charge on any atom is -0.368 e. The van der Waals surface area contributed by atoms with Crippen LogP contribution in [0.4, 0.5) is 20.2 Å². The molecule has 28 heavy (non-hydrogen) atoms. The van der Waals surface area contributed by atoms with Crippen LogP contribution in [0.25, 0.3) is 0 Å². The molecule has 2 aliphatic rings. The molecular weight excluding hydrogens is 386 g/mol. The molecule has 1 atom stereocenters. The number of anilines is 2. The maximum absolute atomic E-state index is 13.9. The first-order valence-electron chi connectivity index (χ1n) is 8.94. The summed E-state index contributed by atoms with van der Waals surface area (Å²) in [4.78, 5) is 12.7. The van der Waals surface area contributed by atoms with E-state index in [1.807, 2.05) is 0 Å². The summed E-state index contributed by atoms with van der Waals surface area (Å²) in [5.41, 5.74) is 7.10. The average Bonchev–Trinajstić information content (AvgIpc) is 3.19. The lowest BCUT2D eigenvalue weighted by Gasteiger charge is -2.38. The highest BCUT2D eigenvalue weighted by atomic mass is 35.5. The fourth-order valence-electron chi connectivity index (χ4n) is 3.33. The van der Waals surface area contributed by atoms with Crippen molar-refractivity contribution < 1.29 is 8.78 Å². The number of aliphatic imine (C=N–C) groups is 2. The maximum Gasteiger partial charge on any atom is 0.222 e. The zero-order valence-corrected chi connectivity index (χ0v) is 15.7. The summed E-state index contributed by atoms with van der Waals surface area (Å²) in [6, 6.07) is 10.5. The van der Waals surface area contributed by atoms with E-state index in [1.165, 1.54) is 24.3 Å². The van der Waals surface area contributed by atoms with E-state index in [9.17, 15) is 8.78 Å². The Labute approximate surface area is 166 Å². The van der Waals surface area contributed by atoms with Crippen LogP contribution in [0, 0.1) is 11.6 Å². The van der Waals surface area contributed by atoms with E-state index < -0.39 is 12.1 Å². The van der Waals surface area contributed by atoms with E-state index >= 15 is 0 Å². The van der Waals surface area contributed by atoms with Crippen molar-refractivity contribution in [2.24, 2.45) is 15.7 Å². The summed E-state index contributed by atoms with van der Waals surface area (Å²) in [6.07, 6.45) is 1.38. The molecule has 0 spiro atoms. The van der Waals surface area contributed by atoms with Crippen molar-refractivity contribution in [1.29, 1.82) is 0 Å². The fourth-order valence-corrected chi connectivity index (χ4v) is 3.51. The van der Waals surface area contributed by atoms with Crippen molar-refractivity contribution in [3.63, 3.8) is 0 Å². The second kappa shape index (κ2) is 7.63. The van der Waals surface area contributed by atoms with Crippen LogP contribution in [0.5, 0.6) is 0 Å². The summed E-state index contributed by atoms with van der Waals surface area (Å²) in [5.74, 6) is -0.175. The largest absolute Gasteiger partial charge is 0.368 e. The monoisotopic (exact) mass is 404 g/mol. The van der Waals surface area contributed by atoms with Crippen LogP contribution in [-0.4, -0.2) is 36.2 Å². The number of nitrogens with zero attached hydrogens (tertiary/aromatic N) is 4. The molecule has 0 amide bonds. The molecule has 0 bridgehead atoms. The molecule has 0 aromatic heterocycles. The van der Waals surface area contributed by atoms with Gasteiger partial charge in [0.25, 0.3) is 0 Å². The molecule has 2 heterocycles. The molecule has 1 saturated heterocycles. The first kappa shape index (κ1) is 18.5. The third kappa shape index (κ3) is 3.73. The van der Waals surface area contributed by atoms with Gasteiger partial charge in [0.15, 0.2) is 0 Å². The van der Waals surface area contributed by atoms with Crippen LogP contribution >= 0.6 is 11.6 Å². The van der Waals surface area contributed by atoms with Crippen LogP contribution in [0.15, 0.2) is 52.4 Å². The highest BCUT2D eigenvalue weighted by molar-refractivity contribution is 6.31. The Morgan fingerprint density at radius 2 is 1.89 bits per heavy atom. The van der Waals surface area contributed by atoms with E-state index in [0.717, 1.165) is 25.9 Å². The predicted molar refractivity (Wildman–Crippen MR) is 108 cm³/mol. The van der Waals surface area contributed by atoms with E-state index in [0.29, 0.717) is 17.3 Å². The van der Waals surface area contributed by atoms with Gasteiger partial charge in [-0.3, -0.25) is 4.90 Å². The molecule has 2 aliphatic heterocycles. The molecule has 1 unspecified atom stereocenters. The lowest BCUT2D eigenvalue weighted by Crippen LogP contribution is -2.54. The highest BCUT2D eigenvalue weighted by Crippen LogP contribution is 2.27. The van der Waals surface area contributed by atoms with Crippen LogP contribution in [-0.2, 0) is 0 Å². The molecule has 1 fully saturated rings. The number of halogens is 3. The normalized spacial score (nSPS) is 19.5. The molecule has 9 heteroatoms. The van der Waals surface area contributed by atoms with Gasteiger partial charge in [-0.25, -0.2) is 13.8 Å². The van der Waals surface area contributed by atoms with Crippen LogP contribution in [0.3, 0.4) is 0 Å². The Kier molecular flexibility index (Phi) is 5.04. The van der Waals surface area contributed by atoms with Crippen molar-refractivity contribution in [1.82, 2.24) is 4.90 Å². The molecule has 2 aromatic rings. The predicted octanol–water partition coefficient (Wildman–Crippen LogP) is 3.60. The van der Waals surface area contributed by atoms with E-state index in [-0.39, 0.29) is 16.8 Å². The Morgan fingerprint density at radius 3 is 2.61 bits per heavy atom. The molecular formula is C19H19ClF2N6. The average molecular weight is 405 g/mol. The molecule has 0 aliphatic carbocycles. The number of nitrogens with one attached hydrogen (secondary N) is 1. The summed E-state index contributed by atoms with van der Waals surface area (Å²) in [6.45, 7) is 1.65. The number of nitrogens with two attached hydrogens (primary N) is 1. The summed E-state index contributed by atoms with van der Waals surface area (Å²) >= 11 is 5.90. The van der Waals surface area contributed by atoms with Gasteiger partial charge in [-0.15, -0.1) is 0 Å². The van der Waals surface area contributed by atoms with Gasteiger partial charge in [0.05, 0.1) is 10.7 Å². The third-order valence-electron chi connectivity index (χ3n) is 4.62. The van der Waals surface area contributed by atoms with Crippen LogP contribution in [0.1, 0.15) is 12.8 Å². The van der Waals surface area contributed by atoms with Gasteiger partial charge in [-0.1, -0.05) is 17.7 Å². The Balaban J connectivity index is 1.73. The summed E-state index contributed by atoms with van der Waals surface area (Å²) < 4.78 is 27.4. The molecule has 2 aromatic carbocycles. The maximum atomic E-state index is 13.9. The van der Waals surface area contributed by atoms with E-state index in [2.05, 4.69) is 20.2 Å². The lowest BCUT2D eigenvalue weighted by molar-refractivity contribution is 0.497. The second-order valence-corrected chi connectivity index (χ2v) is 7.00. The van der Waals surface area contributed by atoms with Gasteiger partial charge >= 0.3 is 0 Å². The number of hydrogen-bond acceptors (Lipinski definition) is 6. The van der Waals surface area contributed by atoms with Crippen molar-refractivity contribution >= 4 is 34.9 Å². The van der Waals surface area contributed by atoms with Gasteiger partial charge in [-0.05, 0) is 49.2 Å². The topological polar surface area (TPSA) is 69.2 Å². The number of guanidine groups is 2. The molecule has 0 radical (unpaired) electrons. The fraction of sp³-hybridized carbons (Fsp3) is 0.263. The van der Waals surface area contributed by atoms with E-state index in [4.69, 9.17) is 17.3 Å². The number of benzene rings is 2. The number of hydrogen-bond donors (Lipinski definition) is 2. The van der Waals surface area contributed by atoms with Crippen molar-refractivity contribution in [2.75, 3.05) is 23.3 Å². The Hall–Kier alpha value is -2.87. The SMILES string of the molecule is NC1=NC(Nc2ccc(F)c(Cl)c2)N(c2cccc(F)c2)C(N2CCCC2)=N1. The summed E-state index contributed by atoms with van der Waals surface area (Å²) in [7, 11) is 0. The molecule has 6 nitrogen and oxygen atoms in total. The van der Waals surface area contributed by atoms with Gasteiger partial charge in [0.2, 0.25) is 18.2 Å². The minimum absolute atomic E-state index is 0.0106. The zero-order chi connectivity index (χ0) is 19.7. The quantitative estimate of drug-likeness (QED) is 0.820. The minimum atomic E-state index is -0.698. The van der Waals surface area contributed by atoms with Gasteiger partial charge in [0, 0.05) is 18.8 Å². The zero-order valence-electron chi connectivity index (χ0n) is 14.9. The van der Waals surface area contributed by atoms with Gasteiger partial charge in [-0.2, -0.15) is 4.99 Å². The van der Waals surface area contributed by atoms with Gasteiger partial charge < -0.3 is 16.0 Å². The van der Waals surface area contributed by atoms with Crippen molar-refractivity contribution in [3.05, 3.63) is 59.1 Å². The highest BCUT2D eigenvalue weighted by Gasteiger charge is 2.32. The number of likely N-dealkylation sites (tertiary alicyclic amines) is 1. The van der Waals surface area contributed by atoms with Gasteiger partial charge in [0.1, 0.15) is 11.6 Å². The molecule has 146 valence electrons. The Bertz CT molecular complexity index is 942.